The zero-order valence-corrected chi connectivity index (χ0v) is 36.7. The molecule has 13 rings (SSSR count). The lowest BCUT2D eigenvalue weighted by atomic mass is 9.98. The maximum Gasteiger partial charge on any atom is 0.0541 e. The first-order valence-corrected chi connectivity index (χ1v) is 23.0. The van der Waals surface area contributed by atoms with E-state index in [1.54, 1.807) is 0 Å². The van der Waals surface area contributed by atoms with Gasteiger partial charge in [0.1, 0.15) is 0 Å². The van der Waals surface area contributed by atoms with Crippen molar-refractivity contribution in [2.45, 2.75) is 0 Å². The predicted octanol–water partition coefficient (Wildman–Crippen LogP) is 17.5. The molecule has 67 heavy (non-hydrogen) atoms. The van der Waals surface area contributed by atoms with E-state index in [9.17, 15) is 0 Å². The fourth-order valence-corrected chi connectivity index (χ4v) is 10.3. The van der Waals surface area contributed by atoms with E-state index in [2.05, 4.69) is 275 Å². The lowest BCUT2D eigenvalue weighted by Crippen LogP contribution is -2.09. The highest BCUT2D eigenvalue weighted by Gasteiger charge is 2.18. The Morgan fingerprint density at radius 2 is 0.612 bits per heavy atom. The van der Waals surface area contributed by atoms with Gasteiger partial charge in [-0.25, -0.2) is 0 Å². The van der Waals surface area contributed by atoms with Crippen LogP contribution >= 0.6 is 0 Å². The Morgan fingerprint density at radius 1 is 0.239 bits per heavy atom. The van der Waals surface area contributed by atoms with Crippen LogP contribution in [0.1, 0.15) is 0 Å². The van der Waals surface area contributed by atoms with Crippen LogP contribution in [0, 0.1) is 0 Å². The van der Waals surface area contributed by atoms with Crippen molar-refractivity contribution in [3.05, 3.63) is 261 Å². The van der Waals surface area contributed by atoms with Gasteiger partial charge in [-0.3, -0.25) is 0 Å². The molecule has 0 atom stereocenters. The molecule has 0 aliphatic heterocycles. The van der Waals surface area contributed by atoms with Crippen LogP contribution < -0.4 is 4.90 Å². The molecule has 0 saturated heterocycles. The Labute approximate surface area is 389 Å². The first-order valence-electron chi connectivity index (χ1n) is 23.0. The molecule has 0 saturated carbocycles. The summed E-state index contributed by atoms with van der Waals surface area (Å²) in [6, 6.07) is 94.8. The standard InChI is InChI=1S/C64H43N3/c1-3-16-50(17-4-1)66-61-24-11-9-21-57(61)59-42-48(32-40-63(59)66)44-26-34-52(35-27-44)65(54-38-30-47(31-39-54)56-23-13-15-46-14-7-8-20-55(46)56)53-36-28-45(29-37-53)49-33-41-64-60(43-49)58-22-10-12-25-62(58)67(64)51-18-5-2-6-19-51/h1-43H. The zero-order chi connectivity index (χ0) is 44.3. The summed E-state index contributed by atoms with van der Waals surface area (Å²) < 4.78 is 4.74. The summed E-state index contributed by atoms with van der Waals surface area (Å²) in [4.78, 5) is 2.37. The van der Waals surface area contributed by atoms with Gasteiger partial charge in [0.2, 0.25) is 0 Å². The Morgan fingerprint density at radius 3 is 1.10 bits per heavy atom. The molecule has 3 nitrogen and oxygen atoms in total. The Bertz CT molecular complexity index is 3730. The van der Waals surface area contributed by atoms with Crippen molar-refractivity contribution in [2.75, 3.05) is 4.90 Å². The highest BCUT2D eigenvalue weighted by Crippen LogP contribution is 2.41. The van der Waals surface area contributed by atoms with Crippen LogP contribution in [0.25, 0.3) is 99.1 Å². The lowest BCUT2D eigenvalue weighted by molar-refractivity contribution is 1.18. The molecular formula is C64H43N3. The summed E-state index contributed by atoms with van der Waals surface area (Å²) in [5.74, 6) is 0. The van der Waals surface area contributed by atoms with E-state index in [1.807, 2.05) is 0 Å². The monoisotopic (exact) mass is 853 g/mol. The van der Waals surface area contributed by atoms with Gasteiger partial charge in [0.05, 0.1) is 22.1 Å². The number of rotatable bonds is 8. The Balaban J connectivity index is 0.887. The van der Waals surface area contributed by atoms with E-state index in [0.717, 1.165) is 28.4 Å². The number of nitrogens with zero attached hydrogens (tertiary/aromatic N) is 3. The first-order chi connectivity index (χ1) is 33.2. The van der Waals surface area contributed by atoms with Crippen molar-refractivity contribution in [3.63, 3.8) is 0 Å². The number of benzene rings is 11. The molecule has 13 aromatic rings. The molecular weight excluding hydrogens is 811 g/mol. The summed E-state index contributed by atoms with van der Waals surface area (Å²) in [7, 11) is 0. The van der Waals surface area contributed by atoms with Crippen LogP contribution in [0.15, 0.2) is 261 Å². The second-order valence-electron chi connectivity index (χ2n) is 17.3. The normalized spacial score (nSPS) is 11.6. The fraction of sp³-hybridized carbons (Fsp3) is 0. The van der Waals surface area contributed by atoms with Crippen LogP contribution in [0.2, 0.25) is 0 Å². The molecule has 314 valence electrons. The molecule has 0 unspecified atom stereocenters. The maximum absolute atomic E-state index is 2.37. The first kappa shape index (κ1) is 38.5. The quantitative estimate of drug-likeness (QED) is 0.148. The van der Waals surface area contributed by atoms with Gasteiger partial charge in [-0.05, 0) is 141 Å². The minimum Gasteiger partial charge on any atom is -0.311 e. The third-order valence-electron chi connectivity index (χ3n) is 13.5. The number of aromatic nitrogens is 2. The van der Waals surface area contributed by atoms with Gasteiger partial charge < -0.3 is 14.0 Å². The van der Waals surface area contributed by atoms with Crippen LogP contribution in [-0.2, 0) is 0 Å². The van der Waals surface area contributed by atoms with Gasteiger partial charge in [0, 0.05) is 50.0 Å². The highest BCUT2D eigenvalue weighted by molar-refractivity contribution is 6.11. The van der Waals surface area contributed by atoms with Gasteiger partial charge in [-0.2, -0.15) is 0 Å². The van der Waals surface area contributed by atoms with Crippen LogP contribution in [0.3, 0.4) is 0 Å². The number of fused-ring (bicyclic) bond motifs is 7. The Hall–Kier alpha value is -8.92. The van der Waals surface area contributed by atoms with Gasteiger partial charge in [-0.15, -0.1) is 0 Å². The van der Waals surface area contributed by atoms with Crippen LogP contribution in [0.4, 0.5) is 17.1 Å². The molecule has 0 bridgehead atoms. The van der Waals surface area contributed by atoms with Crippen molar-refractivity contribution in [1.82, 2.24) is 9.13 Å². The summed E-state index contributed by atoms with van der Waals surface area (Å²) >= 11 is 0. The molecule has 2 aromatic heterocycles. The van der Waals surface area contributed by atoms with E-state index < -0.39 is 0 Å². The smallest absolute Gasteiger partial charge is 0.0541 e. The van der Waals surface area contributed by atoms with Crippen LogP contribution in [0.5, 0.6) is 0 Å². The topological polar surface area (TPSA) is 13.1 Å². The van der Waals surface area contributed by atoms with E-state index in [4.69, 9.17) is 0 Å². The van der Waals surface area contributed by atoms with Gasteiger partial charge in [0.15, 0.2) is 0 Å². The number of hydrogen-bond donors (Lipinski definition) is 0. The van der Waals surface area contributed by atoms with Crippen molar-refractivity contribution >= 4 is 71.4 Å². The number of hydrogen-bond acceptors (Lipinski definition) is 1. The van der Waals surface area contributed by atoms with Gasteiger partial charge >= 0.3 is 0 Å². The second-order valence-corrected chi connectivity index (χ2v) is 17.3. The lowest BCUT2D eigenvalue weighted by Gasteiger charge is -2.26. The van der Waals surface area contributed by atoms with E-state index in [-0.39, 0.29) is 0 Å². The third-order valence-corrected chi connectivity index (χ3v) is 13.5. The zero-order valence-electron chi connectivity index (χ0n) is 36.7. The Kier molecular flexibility index (Phi) is 9.17. The summed E-state index contributed by atoms with van der Waals surface area (Å²) in [6.07, 6.45) is 0. The largest absolute Gasteiger partial charge is 0.311 e. The van der Waals surface area contributed by atoms with Crippen LogP contribution in [-0.4, -0.2) is 9.13 Å². The molecule has 0 aliphatic carbocycles. The average molecular weight is 854 g/mol. The predicted molar refractivity (Wildman–Crippen MR) is 284 cm³/mol. The molecule has 0 radical (unpaired) electrons. The van der Waals surface area contributed by atoms with E-state index in [1.165, 1.54) is 87.8 Å². The SMILES string of the molecule is c1ccc(-n2c3ccccc3c3cc(-c4ccc(N(c5ccc(-c6ccc7c(c6)c6ccccc6n7-c6ccccc6)cc5)c5ccc(-c6cccc7ccccc67)cc5)cc4)ccc32)cc1. The van der Waals surface area contributed by atoms with Crippen molar-refractivity contribution in [3.8, 4) is 44.8 Å². The van der Waals surface area contributed by atoms with E-state index >= 15 is 0 Å². The molecule has 0 N–H and O–H groups in total. The third kappa shape index (κ3) is 6.59. The molecule has 2 heterocycles. The van der Waals surface area contributed by atoms with Crippen molar-refractivity contribution in [1.29, 1.82) is 0 Å². The summed E-state index contributed by atoms with van der Waals surface area (Å²) in [5, 5.41) is 7.49. The summed E-state index contributed by atoms with van der Waals surface area (Å²) in [5.41, 5.74) is 17.6. The molecule has 0 amide bonds. The number of para-hydroxylation sites is 4. The van der Waals surface area contributed by atoms with Gasteiger partial charge in [0.25, 0.3) is 0 Å². The highest BCUT2D eigenvalue weighted by atomic mass is 15.1. The minimum absolute atomic E-state index is 1.09. The number of anilines is 3. The molecule has 0 aliphatic rings. The molecule has 0 fully saturated rings. The molecule has 3 heteroatoms. The molecule has 0 spiro atoms. The van der Waals surface area contributed by atoms with Gasteiger partial charge in [-0.1, -0.05) is 164 Å². The summed E-state index contributed by atoms with van der Waals surface area (Å²) in [6.45, 7) is 0. The van der Waals surface area contributed by atoms with Crippen molar-refractivity contribution in [2.24, 2.45) is 0 Å². The maximum atomic E-state index is 2.37. The fourth-order valence-electron chi connectivity index (χ4n) is 10.3. The van der Waals surface area contributed by atoms with Crippen molar-refractivity contribution < 1.29 is 0 Å². The molecule has 11 aromatic carbocycles. The minimum atomic E-state index is 1.09. The average Bonchev–Trinajstić information content (AvgIpc) is 3.92. The second kappa shape index (κ2) is 16.0. The van der Waals surface area contributed by atoms with E-state index in [0.29, 0.717) is 0 Å².